The maximum absolute atomic E-state index is 12.0. The molecule has 0 saturated carbocycles. The Morgan fingerprint density at radius 3 is 2.64 bits per heavy atom. The van der Waals surface area contributed by atoms with Gasteiger partial charge in [0.2, 0.25) is 0 Å². The Bertz CT molecular complexity index is 757. The summed E-state index contributed by atoms with van der Waals surface area (Å²) in [6.07, 6.45) is 6.56. The van der Waals surface area contributed by atoms with E-state index < -0.39 is 0 Å². The smallest absolute Gasteiger partial charge is 0.319 e. The first kappa shape index (κ1) is 20.1. The second-order valence-electron chi connectivity index (χ2n) is 8.21. The van der Waals surface area contributed by atoms with Gasteiger partial charge in [0.25, 0.3) is 0 Å². The van der Waals surface area contributed by atoms with E-state index in [1.54, 1.807) is 6.20 Å². The van der Waals surface area contributed by atoms with E-state index in [1.165, 1.54) is 5.56 Å². The molecule has 0 spiro atoms. The highest BCUT2D eigenvalue weighted by molar-refractivity contribution is 5.89. The van der Waals surface area contributed by atoms with E-state index in [0.29, 0.717) is 5.69 Å². The van der Waals surface area contributed by atoms with Crippen molar-refractivity contribution in [2.45, 2.75) is 39.3 Å². The first-order valence-corrected chi connectivity index (χ1v) is 9.80. The fourth-order valence-corrected chi connectivity index (χ4v) is 3.26. The number of carbonyl (C=O) groups is 1. The third-order valence-electron chi connectivity index (χ3n) is 4.54. The van der Waals surface area contributed by atoms with Crippen LogP contribution in [-0.2, 0) is 6.54 Å². The highest BCUT2D eigenvalue weighted by Crippen LogP contribution is 2.17. The van der Waals surface area contributed by atoms with Crippen molar-refractivity contribution in [3.05, 3.63) is 48.4 Å². The lowest BCUT2D eigenvalue weighted by molar-refractivity contribution is 0.244. The molecule has 2 aromatic heterocycles. The quantitative estimate of drug-likeness (QED) is 0.850. The summed E-state index contributed by atoms with van der Waals surface area (Å²) < 4.78 is 0. The van der Waals surface area contributed by atoms with Crippen molar-refractivity contribution in [3.63, 3.8) is 0 Å². The minimum absolute atomic E-state index is 0.220. The van der Waals surface area contributed by atoms with Gasteiger partial charge < -0.3 is 15.5 Å². The van der Waals surface area contributed by atoms with Crippen molar-refractivity contribution in [2.75, 3.05) is 36.4 Å². The highest BCUT2D eigenvalue weighted by atomic mass is 16.2. The number of nitrogens with one attached hydrogen (secondary N) is 2. The predicted molar refractivity (Wildman–Crippen MR) is 112 cm³/mol. The van der Waals surface area contributed by atoms with Crippen LogP contribution in [0.2, 0.25) is 0 Å². The number of hydrogen-bond acceptors (Lipinski definition) is 5. The van der Waals surface area contributed by atoms with Gasteiger partial charge >= 0.3 is 6.03 Å². The van der Waals surface area contributed by atoms with Crippen molar-refractivity contribution < 1.29 is 4.79 Å². The van der Waals surface area contributed by atoms with Gasteiger partial charge in [0.05, 0.1) is 11.9 Å². The second kappa shape index (κ2) is 9.01. The molecule has 0 aliphatic carbocycles. The summed E-state index contributed by atoms with van der Waals surface area (Å²) in [5, 5.41) is 5.71. The fraction of sp³-hybridized carbons (Fsp3) is 0.476. The van der Waals surface area contributed by atoms with Crippen LogP contribution in [0.5, 0.6) is 0 Å². The molecule has 0 radical (unpaired) electrons. The van der Waals surface area contributed by atoms with Gasteiger partial charge in [-0.05, 0) is 51.0 Å². The van der Waals surface area contributed by atoms with Crippen LogP contribution < -0.4 is 15.5 Å². The molecule has 2 aromatic rings. The van der Waals surface area contributed by atoms with E-state index in [-0.39, 0.29) is 11.6 Å². The van der Waals surface area contributed by atoms with Crippen LogP contribution in [0.4, 0.5) is 16.3 Å². The summed E-state index contributed by atoms with van der Waals surface area (Å²) in [4.78, 5) is 25.5. The number of carbonyl (C=O) groups excluding carboxylic acids is 1. The number of urea groups is 1. The van der Waals surface area contributed by atoms with E-state index in [1.807, 2.05) is 51.4 Å². The van der Waals surface area contributed by atoms with Crippen LogP contribution in [-0.4, -0.2) is 52.6 Å². The van der Waals surface area contributed by atoms with Gasteiger partial charge in [-0.1, -0.05) is 6.07 Å². The molecule has 2 N–H and O–H groups in total. The molecule has 3 rings (SSSR count). The predicted octanol–water partition coefficient (Wildman–Crippen LogP) is 3.11. The normalized spacial score (nSPS) is 15.8. The lowest BCUT2D eigenvalue weighted by Gasteiger charge is -2.23. The molecule has 0 atom stereocenters. The molecule has 7 heteroatoms. The molecule has 1 fully saturated rings. The molecule has 1 aliphatic heterocycles. The molecule has 0 bridgehead atoms. The van der Waals surface area contributed by atoms with Gasteiger partial charge in [0, 0.05) is 50.7 Å². The van der Waals surface area contributed by atoms with E-state index in [0.717, 1.165) is 45.0 Å². The van der Waals surface area contributed by atoms with Gasteiger partial charge in [-0.15, -0.1) is 0 Å². The van der Waals surface area contributed by atoms with Crippen LogP contribution in [0.25, 0.3) is 0 Å². The Morgan fingerprint density at radius 2 is 1.96 bits per heavy atom. The van der Waals surface area contributed by atoms with Gasteiger partial charge in [-0.2, -0.15) is 0 Å². The lowest BCUT2D eigenvalue weighted by Crippen LogP contribution is -2.43. The minimum Gasteiger partial charge on any atom is -0.355 e. The zero-order chi connectivity index (χ0) is 20.0. The Hall–Kier alpha value is -2.67. The Kier molecular flexibility index (Phi) is 6.46. The summed E-state index contributed by atoms with van der Waals surface area (Å²) in [5.74, 6) is 0.949. The van der Waals surface area contributed by atoms with Crippen molar-refractivity contribution in [1.82, 2.24) is 20.2 Å². The average Bonchev–Trinajstić information content (AvgIpc) is 2.87. The van der Waals surface area contributed by atoms with E-state index in [4.69, 9.17) is 0 Å². The summed E-state index contributed by atoms with van der Waals surface area (Å²) in [6, 6.07) is 7.77. The average molecular weight is 383 g/mol. The monoisotopic (exact) mass is 382 g/mol. The Balaban J connectivity index is 1.53. The van der Waals surface area contributed by atoms with Crippen molar-refractivity contribution in [2.24, 2.45) is 0 Å². The molecule has 0 aromatic carbocycles. The first-order valence-electron chi connectivity index (χ1n) is 9.80. The first-order chi connectivity index (χ1) is 13.4. The molecule has 150 valence electrons. The van der Waals surface area contributed by atoms with E-state index in [2.05, 4.69) is 36.5 Å². The van der Waals surface area contributed by atoms with Crippen LogP contribution >= 0.6 is 0 Å². The molecule has 28 heavy (non-hydrogen) atoms. The number of aromatic nitrogens is 2. The standard InChI is InChI=1S/C21H30N6O/c1-21(2,3)25-20(28)24-18-7-8-19(23-15-18)27-11-5-10-26(12-13-27)16-17-6-4-9-22-14-17/h4,6-9,14-15H,5,10-13,16H2,1-3H3,(H2,24,25,28). The number of anilines is 2. The number of hydrogen-bond donors (Lipinski definition) is 2. The van der Waals surface area contributed by atoms with Crippen LogP contribution in [0.15, 0.2) is 42.9 Å². The Labute approximate surface area is 167 Å². The number of rotatable bonds is 4. The largest absolute Gasteiger partial charge is 0.355 e. The van der Waals surface area contributed by atoms with Crippen molar-refractivity contribution in [1.29, 1.82) is 0 Å². The topological polar surface area (TPSA) is 73.4 Å². The molecule has 3 heterocycles. The van der Waals surface area contributed by atoms with Crippen LogP contribution in [0.1, 0.15) is 32.8 Å². The van der Waals surface area contributed by atoms with Gasteiger partial charge in [-0.25, -0.2) is 9.78 Å². The zero-order valence-corrected chi connectivity index (χ0v) is 17.0. The number of pyridine rings is 2. The minimum atomic E-state index is -0.273. The third kappa shape index (κ3) is 6.20. The molecule has 7 nitrogen and oxygen atoms in total. The SMILES string of the molecule is CC(C)(C)NC(=O)Nc1ccc(N2CCCN(Cc3cccnc3)CC2)nc1. The number of amides is 2. The van der Waals surface area contributed by atoms with Gasteiger partial charge in [0.15, 0.2) is 0 Å². The molecule has 1 aliphatic rings. The van der Waals surface area contributed by atoms with Crippen molar-refractivity contribution in [3.8, 4) is 0 Å². The van der Waals surface area contributed by atoms with E-state index >= 15 is 0 Å². The summed E-state index contributed by atoms with van der Waals surface area (Å²) in [6.45, 7) is 10.8. The van der Waals surface area contributed by atoms with Gasteiger partial charge in [-0.3, -0.25) is 9.88 Å². The van der Waals surface area contributed by atoms with Crippen LogP contribution in [0.3, 0.4) is 0 Å². The van der Waals surface area contributed by atoms with E-state index in [9.17, 15) is 4.79 Å². The molecule has 1 saturated heterocycles. The van der Waals surface area contributed by atoms with Crippen LogP contribution in [0, 0.1) is 0 Å². The second-order valence-corrected chi connectivity index (χ2v) is 8.21. The maximum atomic E-state index is 12.0. The summed E-state index contributed by atoms with van der Waals surface area (Å²) in [5.41, 5.74) is 1.67. The molecular formula is C21H30N6O. The maximum Gasteiger partial charge on any atom is 0.319 e. The van der Waals surface area contributed by atoms with Gasteiger partial charge in [0.1, 0.15) is 5.82 Å². The Morgan fingerprint density at radius 1 is 1.11 bits per heavy atom. The molecule has 2 amide bonds. The fourth-order valence-electron chi connectivity index (χ4n) is 3.26. The zero-order valence-electron chi connectivity index (χ0n) is 17.0. The molecular weight excluding hydrogens is 352 g/mol. The molecule has 0 unspecified atom stereocenters. The third-order valence-corrected chi connectivity index (χ3v) is 4.54. The summed E-state index contributed by atoms with van der Waals surface area (Å²) >= 11 is 0. The lowest BCUT2D eigenvalue weighted by atomic mass is 10.1. The van der Waals surface area contributed by atoms with Crippen molar-refractivity contribution >= 4 is 17.5 Å². The highest BCUT2D eigenvalue weighted by Gasteiger charge is 2.17. The number of nitrogens with zero attached hydrogens (tertiary/aromatic N) is 4. The summed E-state index contributed by atoms with van der Waals surface area (Å²) in [7, 11) is 0.